The van der Waals surface area contributed by atoms with Gasteiger partial charge in [-0.1, -0.05) is 12.1 Å². The number of carbonyl (C=O) groups is 1. The van der Waals surface area contributed by atoms with Gasteiger partial charge in [0, 0.05) is 20.2 Å². The highest BCUT2D eigenvalue weighted by Crippen LogP contribution is 2.19. The first kappa shape index (κ1) is 14.9. The monoisotopic (exact) mass is 286 g/mol. The first-order valence-electron chi connectivity index (χ1n) is 6.62. The minimum atomic E-state index is -0.194. The first-order chi connectivity index (χ1) is 10.1. The SMILES string of the molecule is CN(C)C(=O)c1ccc(Oc2ccc(CCN)cc2)nn1. The lowest BCUT2D eigenvalue weighted by Gasteiger charge is -2.09. The lowest BCUT2D eigenvalue weighted by atomic mass is 10.1. The Morgan fingerprint density at radius 2 is 1.86 bits per heavy atom. The second-order valence-electron chi connectivity index (χ2n) is 4.74. The van der Waals surface area contributed by atoms with E-state index < -0.39 is 0 Å². The normalized spacial score (nSPS) is 10.2. The molecule has 2 N–H and O–H groups in total. The van der Waals surface area contributed by atoms with Crippen LogP contribution in [0.1, 0.15) is 16.1 Å². The van der Waals surface area contributed by atoms with Crippen LogP contribution < -0.4 is 10.5 Å². The van der Waals surface area contributed by atoms with Crippen molar-refractivity contribution in [3.05, 3.63) is 47.7 Å². The van der Waals surface area contributed by atoms with E-state index >= 15 is 0 Å². The van der Waals surface area contributed by atoms with Gasteiger partial charge in [0.1, 0.15) is 5.75 Å². The number of hydrogen-bond donors (Lipinski definition) is 1. The van der Waals surface area contributed by atoms with Crippen molar-refractivity contribution in [1.29, 1.82) is 0 Å². The molecule has 1 amide bonds. The summed E-state index contributed by atoms with van der Waals surface area (Å²) in [5, 5.41) is 7.76. The van der Waals surface area contributed by atoms with Crippen LogP contribution >= 0.6 is 0 Å². The van der Waals surface area contributed by atoms with Crippen molar-refractivity contribution in [3.63, 3.8) is 0 Å². The Morgan fingerprint density at radius 3 is 2.38 bits per heavy atom. The molecule has 0 aliphatic rings. The largest absolute Gasteiger partial charge is 0.438 e. The minimum absolute atomic E-state index is 0.194. The number of amides is 1. The zero-order chi connectivity index (χ0) is 15.2. The van der Waals surface area contributed by atoms with Gasteiger partial charge < -0.3 is 15.4 Å². The molecule has 0 radical (unpaired) electrons. The molecule has 0 fully saturated rings. The summed E-state index contributed by atoms with van der Waals surface area (Å²) in [7, 11) is 3.33. The van der Waals surface area contributed by atoms with Gasteiger partial charge in [0.2, 0.25) is 5.88 Å². The zero-order valence-electron chi connectivity index (χ0n) is 12.1. The second kappa shape index (κ2) is 6.81. The fourth-order valence-corrected chi connectivity index (χ4v) is 1.73. The van der Waals surface area contributed by atoms with Gasteiger partial charge in [-0.05, 0) is 36.7 Å². The summed E-state index contributed by atoms with van der Waals surface area (Å²) in [6, 6.07) is 10.8. The maximum Gasteiger partial charge on any atom is 0.273 e. The van der Waals surface area contributed by atoms with Crippen molar-refractivity contribution in [3.8, 4) is 11.6 Å². The quantitative estimate of drug-likeness (QED) is 0.900. The summed E-state index contributed by atoms with van der Waals surface area (Å²) in [5.41, 5.74) is 6.94. The van der Waals surface area contributed by atoms with E-state index in [1.54, 1.807) is 26.2 Å². The Balaban J connectivity index is 2.04. The number of aromatic nitrogens is 2. The smallest absolute Gasteiger partial charge is 0.273 e. The molecule has 2 rings (SSSR count). The standard InChI is InChI=1S/C15H18N4O2/c1-19(2)15(20)13-7-8-14(18-17-13)21-12-5-3-11(4-6-12)9-10-16/h3-8H,9-10,16H2,1-2H3. The number of carbonyl (C=O) groups excluding carboxylic acids is 1. The van der Waals surface area contributed by atoms with Crippen LogP contribution in [0, 0.1) is 0 Å². The molecule has 0 saturated heterocycles. The van der Waals surface area contributed by atoms with Crippen molar-refractivity contribution < 1.29 is 9.53 Å². The average molecular weight is 286 g/mol. The molecule has 110 valence electrons. The highest BCUT2D eigenvalue weighted by Gasteiger charge is 2.10. The Labute approximate surface area is 123 Å². The molecule has 0 spiro atoms. The molecule has 21 heavy (non-hydrogen) atoms. The predicted octanol–water partition coefficient (Wildman–Crippen LogP) is 1.47. The van der Waals surface area contributed by atoms with Crippen LogP contribution in [0.5, 0.6) is 11.6 Å². The molecule has 6 heteroatoms. The van der Waals surface area contributed by atoms with Crippen LogP contribution in [0.25, 0.3) is 0 Å². The number of hydrogen-bond acceptors (Lipinski definition) is 5. The first-order valence-corrected chi connectivity index (χ1v) is 6.62. The van der Waals surface area contributed by atoms with Crippen molar-refractivity contribution in [2.45, 2.75) is 6.42 Å². The fourth-order valence-electron chi connectivity index (χ4n) is 1.73. The molecular weight excluding hydrogens is 268 g/mol. The molecule has 1 aromatic carbocycles. The molecule has 0 aliphatic heterocycles. The highest BCUT2D eigenvalue weighted by atomic mass is 16.5. The summed E-state index contributed by atoms with van der Waals surface area (Å²) >= 11 is 0. The van der Waals surface area contributed by atoms with E-state index in [0.717, 1.165) is 12.0 Å². The molecule has 0 bridgehead atoms. The Kier molecular flexibility index (Phi) is 4.84. The fraction of sp³-hybridized carbons (Fsp3) is 0.267. The molecule has 0 aliphatic carbocycles. The molecular formula is C15H18N4O2. The Morgan fingerprint density at radius 1 is 1.14 bits per heavy atom. The van der Waals surface area contributed by atoms with Gasteiger partial charge >= 0.3 is 0 Å². The van der Waals surface area contributed by atoms with Gasteiger partial charge in [0.15, 0.2) is 5.69 Å². The number of nitrogens with zero attached hydrogens (tertiary/aromatic N) is 3. The van der Waals surface area contributed by atoms with Gasteiger partial charge in [0.25, 0.3) is 5.91 Å². The van der Waals surface area contributed by atoms with Crippen molar-refractivity contribution >= 4 is 5.91 Å². The van der Waals surface area contributed by atoms with Crippen LogP contribution in [0.15, 0.2) is 36.4 Å². The van der Waals surface area contributed by atoms with Gasteiger partial charge in [0.05, 0.1) is 0 Å². The third-order valence-electron chi connectivity index (χ3n) is 2.84. The summed E-state index contributed by atoms with van der Waals surface area (Å²) in [6.07, 6.45) is 0.835. The third-order valence-corrected chi connectivity index (χ3v) is 2.84. The highest BCUT2D eigenvalue weighted by molar-refractivity contribution is 5.91. The van der Waals surface area contributed by atoms with E-state index in [9.17, 15) is 4.79 Å². The Bertz CT molecular complexity index is 594. The lowest BCUT2D eigenvalue weighted by Crippen LogP contribution is -2.23. The van der Waals surface area contributed by atoms with E-state index in [0.29, 0.717) is 18.2 Å². The molecule has 0 atom stereocenters. The van der Waals surface area contributed by atoms with Gasteiger partial charge in [-0.25, -0.2) is 0 Å². The molecule has 2 aromatic rings. The summed E-state index contributed by atoms with van der Waals surface area (Å²) in [6.45, 7) is 0.618. The summed E-state index contributed by atoms with van der Waals surface area (Å²) in [5.74, 6) is 0.814. The number of nitrogens with two attached hydrogens (primary N) is 1. The summed E-state index contributed by atoms with van der Waals surface area (Å²) in [4.78, 5) is 13.1. The minimum Gasteiger partial charge on any atom is -0.438 e. The van der Waals surface area contributed by atoms with E-state index in [2.05, 4.69) is 10.2 Å². The number of benzene rings is 1. The van der Waals surface area contributed by atoms with E-state index in [1.807, 2.05) is 24.3 Å². The van der Waals surface area contributed by atoms with Gasteiger partial charge in [-0.15, -0.1) is 10.2 Å². The number of rotatable bonds is 5. The third kappa shape index (κ3) is 4.00. The van der Waals surface area contributed by atoms with Crippen LogP contribution in [0.3, 0.4) is 0 Å². The summed E-state index contributed by atoms with van der Waals surface area (Å²) < 4.78 is 5.58. The molecule has 1 heterocycles. The molecule has 6 nitrogen and oxygen atoms in total. The zero-order valence-corrected chi connectivity index (χ0v) is 12.1. The van der Waals surface area contributed by atoms with Crippen molar-refractivity contribution in [2.24, 2.45) is 5.73 Å². The maximum atomic E-state index is 11.7. The van der Waals surface area contributed by atoms with Crippen LogP contribution in [0.2, 0.25) is 0 Å². The van der Waals surface area contributed by atoms with Gasteiger partial charge in [-0.2, -0.15) is 0 Å². The molecule has 0 saturated carbocycles. The van der Waals surface area contributed by atoms with E-state index in [1.165, 1.54) is 4.90 Å². The Hall–Kier alpha value is -2.47. The van der Waals surface area contributed by atoms with E-state index in [-0.39, 0.29) is 11.6 Å². The van der Waals surface area contributed by atoms with Crippen molar-refractivity contribution in [2.75, 3.05) is 20.6 Å². The van der Waals surface area contributed by atoms with Crippen molar-refractivity contribution in [1.82, 2.24) is 15.1 Å². The lowest BCUT2D eigenvalue weighted by molar-refractivity contribution is 0.0820. The second-order valence-corrected chi connectivity index (χ2v) is 4.74. The maximum absolute atomic E-state index is 11.7. The topological polar surface area (TPSA) is 81.3 Å². The average Bonchev–Trinajstić information content (AvgIpc) is 2.49. The molecule has 0 unspecified atom stereocenters. The van der Waals surface area contributed by atoms with Crippen LogP contribution in [0.4, 0.5) is 0 Å². The molecule has 1 aromatic heterocycles. The van der Waals surface area contributed by atoms with E-state index in [4.69, 9.17) is 10.5 Å². The van der Waals surface area contributed by atoms with Gasteiger partial charge in [-0.3, -0.25) is 4.79 Å². The van der Waals surface area contributed by atoms with Crippen LogP contribution in [-0.2, 0) is 6.42 Å². The predicted molar refractivity (Wildman–Crippen MR) is 79.3 cm³/mol. The number of ether oxygens (including phenoxy) is 1. The van der Waals surface area contributed by atoms with Crippen LogP contribution in [-0.4, -0.2) is 41.6 Å².